The number of hydrogen-bond acceptors (Lipinski definition) is 2. The Hall–Kier alpha value is -1.44. The van der Waals surface area contributed by atoms with Gasteiger partial charge in [0.05, 0.1) is 0 Å². The van der Waals surface area contributed by atoms with Crippen molar-refractivity contribution >= 4 is 0 Å². The molecule has 0 N–H and O–H groups in total. The topological polar surface area (TPSA) is 18.5 Å². The molecule has 2 aromatic carbocycles. The van der Waals surface area contributed by atoms with Gasteiger partial charge in [-0.3, -0.25) is 0 Å². The van der Waals surface area contributed by atoms with Gasteiger partial charge >= 0.3 is 100 Å². The number of hydrogen-bond donors (Lipinski definition) is 0. The summed E-state index contributed by atoms with van der Waals surface area (Å²) in [5, 5.41) is 0. The Bertz CT molecular complexity index is 375. The molecule has 0 bridgehead atoms. The molecule has 0 aromatic heterocycles. The first-order chi connectivity index (χ1) is 7.84. The Balaban J connectivity index is 1.92. The van der Waals surface area contributed by atoms with Crippen LogP contribution in [0.25, 0.3) is 0 Å². The van der Waals surface area contributed by atoms with Gasteiger partial charge in [-0.15, -0.1) is 0 Å². The molecule has 0 heterocycles. The summed E-state index contributed by atoms with van der Waals surface area (Å²) in [4.78, 5) is 0. The van der Waals surface area contributed by atoms with Gasteiger partial charge in [-0.05, 0) is 0 Å². The average molecular weight is 257 g/mol. The summed E-state index contributed by atoms with van der Waals surface area (Å²) in [7, 11) is 0. The molecule has 0 saturated heterocycles. The Morgan fingerprint density at radius 3 is 1.44 bits per heavy atom. The van der Waals surface area contributed by atoms with Crippen LogP contribution in [-0.2, 0) is 14.6 Å². The van der Waals surface area contributed by atoms with Gasteiger partial charge in [0.1, 0.15) is 0 Å². The Morgan fingerprint density at radius 2 is 1.06 bits per heavy atom. The van der Waals surface area contributed by atoms with Gasteiger partial charge in [-0.1, -0.05) is 0 Å². The normalized spacial score (nSPS) is 10.7. The maximum absolute atomic E-state index is 5.68. The van der Waals surface area contributed by atoms with Gasteiger partial charge < -0.3 is 0 Å². The minimum atomic E-state index is -1.11. The van der Waals surface area contributed by atoms with E-state index in [0.717, 1.165) is 11.5 Å². The van der Waals surface area contributed by atoms with Crippen LogP contribution in [0.2, 0.25) is 5.82 Å². The molecule has 0 aliphatic carbocycles. The van der Waals surface area contributed by atoms with E-state index in [1.165, 1.54) is 0 Å². The first kappa shape index (κ1) is 11.1. The van der Waals surface area contributed by atoms with E-state index in [-0.39, 0.29) is 0 Å². The molecule has 3 heteroatoms. The molecule has 0 aliphatic rings. The van der Waals surface area contributed by atoms with Crippen LogP contribution in [-0.4, -0.2) is 0 Å². The van der Waals surface area contributed by atoms with Crippen molar-refractivity contribution in [2.24, 2.45) is 0 Å². The van der Waals surface area contributed by atoms with Gasteiger partial charge in [0, 0.05) is 0 Å². The van der Waals surface area contributed by atoms with Gasteiger partial charge in [-0.25, -0.2) is 0 Å². The summed E-state index contributed by atoms with van der Waals surface area (Å²) in [6.45, 7) is 0. The number of rotatable bonds is 4. The Labute approximate surface area is 100 Å². The predicted molar refractivity (Wildman–Crippen MR) is 60.0 cm³/mol. The third-order valence-corrected chi connectivity index (χ3v) is 3.01. The van der Waals surface area contributed by atoms with Crippen LogP contribution < -0.4 is 7.64 Å². The second-order valence-electron chi connectivity index (χ2n) is 3.12. The quantitative estimate of drug-likeness (QED) is 0.778. The van der Waals surface area contributed by atoms with Crippen molar-refractivity contribution in [1.82, 2.24) is 0 Å². The van der Waals surface area contributed by atoms with E-state index in [1.54, 1.807) is 0 Å². The fourth-order valence-electron chi connectivity index (χ4n) is 1.19. The minimum absolute atomic E-state index is 0.848. The van der Waals surface area contributed by atoms with Crippen molar-refractivity contribution in [3.63, 3.8) is 0 Å². The van der Waals surface area contributed by atoms with E-state index in [9.17, 15) is 0 Å². The van der Waals surface area contributed by atoms with Crippen molar-refractivity contribution in [3.8, 4) is 11.5 Å². The Kier molecular flexibility index (Phi) is 3.86. The molecule has 0 atom stereocenters. The number of benzene rings is 2. The SMILES string of the molecule is [CH3][Fe]([O]c1ccccc1)[O]c1ccccc1. The van der Waals surface area contributed by atoms with E-state index in [1.807, 2.05) is 66.5 Å². The first-order valence-corrected chi connectivity index (χ1v) is 6.88. The van der Waals surface area contributed by atoms with E-state index in [2.05, 4.69) is 0 Å². The molecule has 85 valence electrons. The van der Waals surface area contributed by atoms with Crippen LogP contribution in [0, 0.1) is 0 Å². The van der Waals surface area contributed by atoms with Crippen LogP contribution in [0.15, 0.2) is 60.7 Å². The zero-order chi connectivity index (χ0) is 11.2. The molecule has 0 unspecified atom stereocenters. The molecule has 0 amide bonds. The van der Waals surface area contributed by atoms with Crippen molar-refractivity contribution in [2.45, 2.75) is 5.82 Å². The third-order valence-electron chi connectivity index (χ3n) is 1.86. The molecule has 0 spiro atoms. The van der Waals surface area contributed by atoms with E-state index in [0.29, 0.717) is 0 Å². The summed E-state index contributed by atoms with van der Waals surface area (Å²) in [6, 6.07) is 19.4. The van der Waals surface area contributed by atoms with Crippen LogP contribution in [0.5, 0.6) is 11.5 Å². The van der Waals surface area contributed by atoms with Crippen LogP contribution in [0.4, 0.5) is 0 Å². The molecule has 0 radical (unpaired) electrons. The van der Waals surface area contributed by atoms with Crippen molar-refractivity contribution < 1.29 is 22.2 Å². The van der Waals surface area contributed by atoms with E-state index >= 15 is 0 Å². The Morgan fingerprint density at radius 1 is 0.688 bits per heavy atom. The monoisotopic (exact) mass is 257 g/mol. The summed E-state index contributed by atoms with van der Waals surface area (Å²) >= 11 is -1.11. The zero-order valence-electron chi connectivity index (χ0n) is 8.94. The van der Waals surface area contributed by atoms with Crippen molar-refractivity contribution in [3.05, 3.63) is 60.7 Å². The van der Waals surface area contributed by atoms with Crippen molar-refractivity contribution in [2.75, 3.05) is 0 Å². The van der Waals surface area contributed by atoms with Gasteiger partial charge in [0.15, 0.2) is 0 Å². The molecular weight excluding hydrogens is 244 g/mol. The van der Waals surface area contributed by atoms with Crippen LogP contribution >= 0.6 is 0 Å². The van der Waals surface area contributed by atoms with Gasteiger partial charge in [0.25, 0.3) is 0 Å². The molecule has 0 saturated carbocycles. The van der Waals surface area contributed by atoms with E-state index in [4.69, 9.17) is 7.64 Å². The third kappa shape index (κ3) is 3.30. The molecule has 2 rings (SSSR count). The second-order valence-corrected chi connectivity index (χ2v) is 4.65. The fraction of sp³-hybridized carbons (Fsp3) is 0.0769. The summed E-state index contributed by atoms with van der Waals surface area (Å²) in [5.74, 6) is 3.65. The maximum atomic E-state index is 5.68. The first-order valence-electron chi connectivity index (χ1n) is 4.87. The van der Waals surface area contributed by atoms with Crippen LogP contribution in [0.1, 0.15) is 0 Å². The molecular formula is C13H13FeO2. The van der Waals surface area contributed by atoms with E-state index < -0.39 is 14.6 Å². The summed E-state index contributed by atoms with van der Waals surface area (Å²) < 4.78 is 11.4. The summed E-state index contributed by atoms with van der Waals surface area (Å²) in [6.07, 6.45) is 0. The summed E-state index contributed by atoms with van der Waals surface area (Å²) in [5.41, 5.74) is 0. The fourth-order valence-corrected chi connectivity index (χ4v) is 2.27. The zero-order valence-corrected chi connectivity index (χ0v) is 10.0. The molecule has 16 heavy (non-hydrogen) atoms. The number of para-hydroxylation sites is 2. The molecule has 2 aromatic rings. The van der Waals surface area contributed by atoms with Gasteiger partial charge in [-0.2, -0.15) is 0 Å². The molecule has 0 fully saturated rings. The predicted octanol–water partition coefficient (Wildman–Crippen LogP) is 3.64. The standard InChI is InChI=1S/2C6H6O.CH3.Fe/c2*7-6-4-2-1-3-5-6;;/h2*1-5,7H;1H3;/q;;;+2/p-2. The van der Waals surface area contributed by atoms with Crippen molar-refractivity contribution in [1.29, 1.82) is 0 Å². The average Bonchev–Trinajstić information content (AvgIpc) is 2.31. The molecule has 2 nitrogen and oxygen atoms in total. The van der Waals surface area contributed by atoms with Gasteiger partial charge in [0.2, 0.25) is 0 Å². The molecule has 0 aliphatic heterocycles. The second kappa shape index (κ2) is 5.59. The van der Waals surface area contributed by atoms with Crippen LogP contribution in [0.3, 0.4) is 0 Å².